The molecule has 1 aromatic carbocycles. The van der Waals surface area contributed by atoms with Gasteiger partial charge in [-0.05, 0) is 62.9 Å². The van der Waals surface area contributed by atoms with Crippen LogP contribution in [0.1, 0.15) is 52.7 Å². The van der Waals surface area contributed by atoms with Gasteiger partial charge in [-0.15, -0.1) is 0 Å². The average Bonchev–Trinajstić information content (AvgIpc) is 2.29. The van der Waals surface area contributed by atoms with E-state index < -0.39 is 0 Å². The van der Waals surface area contributed by atoms with Crippen molar-refractivity contribution in [1.29, 1.82) is 0 Å². The van der Waals surface area contributed by atoms with Gasteiger partial charge in [-0.25, -0.2) is 0 Å². The van der Waals surface area contributed by atoms with Gasteiger partial charge in [-0.1, -0.05) is 12.5 Å². The maximum absolute atomic E-state index is 12.1. The Morgan fingerprint density at radius 2 is 1.65 bits per heavy atom. The fourth-order valence-electron chi connectivity index (χ4n) is 2.00. The first kappa shape index (κ1) is 13.9. The Labute approximate surface area is 104 Å². The normalized spacial score (nSPS) is 10.6. The van der Waals surface area contributed by atoms with Crippen LogP contribution in [-0.4, -0.2) is 12.3 Å². The lowest BCUT2D eigenvalue weighted by Gasteiger charge is -2.08. The molecular formula is C15H23NO. The first-order valence-corrected chi connectivity index (χ1v) is 6.37. The molecule has 2 heteroatoms. The Bertz CT molecular complexity index is 396. The minimum absolute atomic E-state index is 0.266. The van der Waals surface area contributed by atoms with Gasteiger partial charge < -0.3 is 5.73 Å². The summed E-state index contributed by atoms with van der Waals surface area (Å²) in [5.41, 5.74) is 9.86. The maximum Gasteiger partial charge on any atom is 0.163 e. The number of carbonyl (C=O) groups is 1. The Morgan fingerprint density at radius 1 is 1.00 bits per heavy atom. The number of hydrogen-bond acceptors (Lipinski definition) is 2. The van der Waals surface area contributed by atoms with Gasteiger partial charge in [0.1, 0.15) is 0 Å². The lowest BCUT2D eigenvalue weighted by molar-refractivity contribution is 0.0978. The zero-order valence-corrected chi connectivity index (χ0v) is 11.2. The molecule has 0 bridgehead atoms. The van der Waals surface area contributed by atoms with Crippen molar-refractivity contribution in [3.63, 3.8) is 0 Å². The molecule has 0 heterocycles. The van der Waals surface area contributed by atoms with Crippen LogP contribution < -0.4 is 5.73 Å². The van der Waals surface area contributed by atoms with E-state index in [4.69, 9.17) is 5.73 Å². The minimum atomic E-state index is 0.266. The number of Topliss-reactive ketones (excluding diaryl/α,β-unsaturated/α-hetero) is 1. The van der Waals surface area contributed by atoms with Crippen molar-refractivity contribution in [3.05, 3.63) is 34.4 Å². The van der Waals surface area contributed by atoms with Crippen molar-refractivity contribution in [3.8, 4) is 0 Å². The summed E-state index contributed by atoms with van der Waals surface area (Å²) in [5, 5.41) is 0. The summed E-state index contributed by atoms with van der Waals surface area (Å²) in [6.07, 6.45) is 3.65. The van der Waals surface area contributed by atoms with Crippen LogP contribution in [0.4, 0.5) is 0 Å². The van der Waals surface area contributed by atoms with E-state index in [0.29, 0.717) is 6.42 Å². The van der Waals surface area contributed by atoms with E-state index in [1.54, 1.807) is 0 Å². The second-order valence-corrected chi connectivity index (χ2v) is 4.77. The number of rotatable bonds is 6. The van der Waals surface area contributed by atoms with E-state index in [0.717, 1.165) is 36.9 Å². The fraction of sp³-hybridized carbons (Fsp3) is 0.533. The first-order valence-electron chi connectivity index (χ1n) is 6.37. The first-order chi connectivity index (χ1) is 8.06. The van der Waals surface area contributed by atoms with E-state index in [-0.39, 0.29) is 5.78 Å². The van der Waals surface area contributed by atoms with Gasteiger partial charge in [0.25, 0.3) is 0 Å². The standard InChI is InChI=1S/C15H23NO/c1-11-9-13(3)14(10-12(11)2)15(17)7-5-4-6-8-16/h9-10H,4-8,16H2,1-3H3. The summed E-state index contributed by atoms with van der Waals surface area (Å²) in [4.78, 5) is 12.1. The lowest BCUT2D eigenvalue weighted by Crippen LogP contribution is -2.04. The molecular weight excluding hydrogens is 210 g/mol. The highest BCUT2D eigenvalue weighted by Gasteiger charge is 2.10. The van der Waals surface area contributed by atoms with E-state index in [1.807, 2.05) is 13.0 Å². The van der Waals surface area contributed by atoms with Crippen LogP contribution >= 0.6 is 0 Å². The molecule has 0 amide bonds. The van der Waals surface area contributed by atoms with Crippen LogP contribution in [0.2, 0.25) is 0 Å². The Morgan fingerprint density at radius 3 is 2.29 bits per heavy atom. The molecule has 0 aliphatic carbocycles. The van der Waals surface area contributed by atoms with Crippen LogP contribution in [-0.2, 0) is 0 Å². The molecule has 2 N–H and O–H groups in total. The molecule has 0 spiro atoms. The summed E-state index contributed by atoms with van der Waals surface area (Å²) >= 11 is 0. The summed E-state index contributed by atoms with van der Waals surface area (Å²) in [6, 6.07) is 4.12. The molecule has 0 fully saturated rings. The van der Waals surface area contributed by atoms with E-state index in [2.05, 4.69) is 19.9 Å². The largest absolute Gasteiger partial charge is 0.330 e. The van der Waals surface area contributed by atoms with E-state index in [1.165, 1.54) is 11.1 Å². The number of aryl methyl sites for hydroxylation is 3. The van der Waals surface area contributed by atoms with Crippen LogP contribution in [0.3, 0.4) is 0 Å². The molecule has 1 rings (SSSR count). The second-order valence-electron chi connectivity index (χ2n) is 4.77. The van der Waals surface area contributed by atoms with Gasteiger partial charge in [0, 0.05) is 12.0 Å². The van der Waals surface area contributed by atoms with Crippen LogP contribution in [0, 0.1) is 20.8 Å². The van der Waals surface area contributed by atoms with Crippen LogP contribution in [0.5, 0.6) is 0 Å². The molecule has 0 saturated heterocycles. The zero-order chi connectivity index (χ0) is 12.8. The molecule has 0 radical (unpaired) electrons. The quantitative estimate of drug-likeness (QED) is 0.605. The van der Waals surface area contributed by atoms with Gasteiger partial charge in [0.2, 0.25) is 0 Å². The molecule has 0 aromatic heterocycles. The molecule has 17 heavy (non-hydrogen) atoms. The molecule has 0 saturated carbocycles. The smallest absolute Gasteiger partial charge is 0.163 e. The van der Waals surface area contributed by atoms with Crippen molar-refractivity contribution in [2.75, 3.05) is 6.54 Å². The van der Waals surface area contributed by atoms with Crippen molar-refractivity contribution < 1.29 is 4.79 Å². The number of benzene rings is 1. The van der Waals surface area contributed by atoms with Gasteiger partial charge in [0.05, 0.1) is 0 Å². The van der Waals surface area contributed by atoms with Crippen molar-refractivity contribution in [2.24, 2.45) is 5.73 Å². The number of hydrogen-bond donors (Lipinski definition) is 1. The number of ketones is 1. The third kappa shape index (κ3) is 3.97. The lowest BCUT2D eigenvalue weighted by atomic mass is 9.96. The summed E-state index contributed by atoms with van der Waals surface area (Å²) in [5.74, 6) is 0.266. The molecule has 0 unspecified atom stereocenters. The van der Waals surface area contributed by atoms with Gasteiger partial charge in [0.15, 0.2) is 5.78 Å². The summed E-state index contributed by atoms with van der Waals surface area (Å²) in [6.45, 7) is 6.87. The SMILES string of the molecule is Cc1cc(C)c(C(=O)CCCCCN)cc1C. The van der Waals surface area contributed by atoms with Crippen molar-refractivity contribution >= 4 is 5.78 Å². The average molecular weight is 233 g/mol. The van der Waals surface area contributed by atoms with Gasteiger partial charge in [-0.2, -0.15) is 0 Å². The monoisotopic (exact) mass is 233 g/mol. The number of carbonyl (C=O) groups excluding carboxylic acids is 1. The predicted octanol–water partition coefficient (Wildman–Crippen LogP) is 3.31. The van der Waals surface area contributed by atoms with Gasteiger partial charge >= 0.3 is 0 Å². The van der Waals surface area contributed by atoms with Crippen LogP contribution in [0.25, 0.3) is 0 Å². The second kappa shape index (κ2) is 6.55. The molecule has 0 aliphatic heterocycles. The molecule has 2 nitrogen and oxygen atoms in total. The Kier molecular flexibility index (Phi) is 5.36. The number of unbranched alkanes of at least 4 members (excludes halogenated alkanes) is 2. The summed E-state index contributed by atoms with van der Waals surface area (Å²) in [7, 11) is 0. The van der Waals surface area contributed by atoms with Crippen LogP contribution in [0.15, 0.2) is 12.1 Å². The third-order valence-electron chi connectivity index (χ3n) is 3.25. The molecule has 0 aliphatic rings. The number of nitrogens with two attached hydrogens (primary N) is 1. The predicted molar refractivity (Wildman–Crippen MR) is 72.5 cm³/mol. The van der Waals surface area contributed by atoms with E-state index >= 15 is 0 Å². The zero-order valence-electron chi connectivity index (χ0n) is 11.2. The highest BCUT2D eigenvalue weighted by Crippen LogP contribution is 2.18. The van der Waals surface area contributed by atoms with Gasteiger partial charge in [-0.3, -0.25) is 4.79 Å². The summed E-state index contributed by atoms with van der Waals surface area (Å²) < 4.78 is 0. The third-order valence-corrected chi connectivity index (χ3v) is 3.25. The Hall–Kier alpha value is -1.15. The molecule has 94 valence electrons. The highest BCUT2D eigenvalue weighted by molar-refractivity contribution is 5.97. The fourth-order valence-corrected chi connectivity index (χ4v) is 2.00. The molecule has 1 aromatic rings. The van der Waals surface area contributed by atoms with Crippen molar-refractivity contribution in [1.82, 2.24) is 0 Å². The van der Waals surface area contributed by atoms with Crippen molar-refractivity contribution in [2.45, 2.75) is 46.5 Å². The van der Waals surface area contributed by atoms with E-state index in [9.17, 15) is 4.79 Å². The maximum atomic E-state index is 12.1. The Balaban J connectivity index is 2.66. The molecule has 0 atom stereocenters. The minimum Gasteiger partial charge on any atom is -0.330 e. The topological polar surface area (TPSA) is 43.1 Å². The highest BCUT2D eigenvalue weighted by atomic mass is 16.1.